The Morgan fingerprint density at radius 2 is 1.89 bits per heavy atom. The minimum absolute atomic E-state index is 0.103. The number of halogens is 1. The minimum atomic E-state index is -0.474. The lowest BCUT2D eigenvalue weighted by Crippen LogP contribution is -2.29. The molecule has 0 bridgehead atoms. The monoisotopic (exact) mass is 264 g/mol. The van der Waals surface area contributed by atoms with E-state index in [0.29, 0.717) is 0 Å². The number of aromatic nitrogens is 3. The van der Waals surface area contributed by atoms with E-state index >= 15 is 0 Å². The van der Waals surface area contributed by atoms with E-state index in [0.717, 1.165) is 16.3 Å². The standard InChI is InChI=1S/C13H17ClN4/c1-9(10-4-6-11(14)7-5-10)18-8-12(16-17-18)13(2,3)15/h4-9H,15H2,1-3H3/t9-/m0/s1. The summed E-state index contributed by atoms with van der Waals surface area (Å²) in [4.78, 5) is 0. The molecule has 0 amide bonds. The maximum Gasteiger partial charge on any atom is 0.102 e. The van der Waals surface area contributed by atoms with Crippen LogP contribution in [0.4, 0.5) is 0 Å². The number of nitrogens with two attached hydrogens (primary N) is 1. The van der Waals surface area contributed by atoms with Crippen LogP contribution in [-0.2, 0) is 5.54 Å². The third-order valence-electron chi connectivity index (χ3n) is 2.92. The second-order valence-electron chi connectivity index (χ2n) is 5.03. The van der Waals surface area contributed by atoms with Gasteiger partial charge in [0.1, 0.15) is 5.69 Å². The summed E-state index contributed by atoms with van der Waals surface area (Å²) in [7, 11) is 0. The lowest BCUT2D eigenvalue weighted by atomic mass is 10.0. The molecule has 2 aromatic rings. The van der Waals surface area contributed by atoms with E-state index in [1.165, 1.54) is 0 Å². The predicted octanol–water partition coefficient (Wildman–Crippen LogP) is 2.73. The summed E-state index contributed by atoms with van der Waals surface area (Å²) >= 11 is 5.88. The van der Waals surface area contributed by atoms with Gasteiger partial charge in [-0.3, -0.25) is 0 Å². The molecule has 2 rings (SSSR count). The zero-order valence-electron chi connectivity index (χ0n) is 10.8. The summed E-state index contributed by atoms with van der Waals surface area (Å²) in [6, 6.07) is 7.82. The SMILES string of the molecule is C[C@@H](c1ccc(Cl)cc1)n1cc(C(C)(C)N)nn1. The zero-order chi connectivity index (χ0) is 13.3. The Morgan fingerprint density at radius 1 is 1.28 bits per heavy atom. The first-order valence-corrected chi connectivity index (χ1v) is 6.22. The zero-order valence-corrected chi connectivity index (χ0v) is 11.5. The number of hydrogen-bond donors (Lipinski definition) is 1. The summed E-state index contributed by atoms with van der Waals surface area (Å²) < 4.78 is 1.81. The molecule has 0 aliphatic carbocycles. The fourth-order valence-corrected chi connectivity index (χ4v) is 1.78. The van der Waals surface area contributed by atoms with Gasteiger partial charge in [0.15, 0.2) is 0 Å². The molecule has 4 nitrogen and oxygen atoms in total. The molecule has 96 valence electrons. The highest BCUT2D eigenvalue weighted by molar-refractivity contribution is 6.30. The van der Waals surface area contributed by atoms with E-state index in [1.54, 1.807) is 0 Å². The van der Waals surface area contributed by atoms with Crippen molar-refractivity contribution in [2.75, 3.05) is 0 Å². The molecule has 0 aliphatic heterocycles. The molecule has 0 aliphatic rings. The molecule has 5 heteroatoms. The quantitative estimate of drug-likeness (QED) is 0.927. The van der Waals surface area contributed by atoms with E-state index in [2.05, 4.69) is 17.2 Å². The lowest BCUT2D eigenvalue weighted by molar-refractivity contribution is 0.532. The van der Waals surface area contributed by atoms with Crippen molar-refractivity contribution < 1.29 is 0 Å². The molecule has 0 fully saturated rings. The second-order valence-corrected chi connectivity index (χ2v) is 5.47. The largest absolute Gasteiger partial charge is 0.320 e. The number of rotatable bonds is 3. The molecule has 1 aromatic heterocycles. The maximum absolute atomic E-state index is 6.00. The molecular formula is C13H17ClN4. The first-order chi connectivity index (χ1) is 8.38. The maximum atomic E-state index is 6.00. The predicted molar refractivity (Wildman–Crippen MR) is 72.5 cm³/mol. The van der Waals surface area contributed by atoms with Crippen LogP contribution in [-0.4, -0.2) is 15.0 Å². The van der Waals surface area contributed by atoms with E-state index in [4.69, 9.17) is 17.3 Å². The van der Waals surface area contributed by atoms with Gasteiger partial charge in [0, 0.05) is 5.02 Å². The minimum Gasteiger partial charge on any atom is -0.320 e. The number of nitrogens with zero attached hydrogens (tertiary/aromatic N) is 3. The van der Waals surface area contributed by atoms with Crippen LogP contribution in [0.5, 0.6) is 0 Å². The summed E-state index contributed by atoms with van der Waals surface area (Å²) in [5, 5.41) is 8.98. The van der Waals surface area contributed by atoms with Gasteiger partial charge in [-0.1, -0.05) is 28.9 Å². The van der Waals surface area contributed by atoms with Crippen LogP contribution in [0.2, 0.25) is 5.02 Å². The molecule has 0 saturated heterocycles. The summed E-state index contributed by atoms with van der Waals surface area (Å²) in [5.74, 6) is 0. The summed E-state index contributed by atoms with van der Waals surface area (Å²) in [5.41, 5.74) is 7.43. The molecule has 1 atom stereocenters. The van der Waals surface area contributed by atoms with E-state index in [1.807, 2.05) is 49.0 Å². The van der Waals surface area contributed by atoms with Gasteiger partial charge < -0.3 is 5.73 Å². The Balaban J connectivity index is 2.26. The van der Waals surface area contributed by atoms with Crippen LogP contribution >= 0.6 is 11.6 Å². The Kier molecular flexibility index (Phi) is 3.41. The van der Waals surface area contributed by atoms with Crippen molar-refractivity contribution in [1.82, 2.24) is 15.0 Å². The highest BCUT2D eigenvalue weighted by Gasteiger charge is 2.20. The van der Waals surface area contributed by atoms with Gasteiger partial charge >= 0.3 is 0 Å². The van der Waals surface area contributed by atoms with Crippen molar-refractivity contribution in [2.45, 2.75) is 32.4 Å². The lowest BCUT2D eigenvalue weighted by Gasteiger charge is -2.14. The molecule has 0 saturated carbocycles. The van der Waals surface area contributed by atoms with Gasteiger partial charge in [-0.2, -0.15) is 0 Å². The normalized spacial score (nSPS) is 13.6. The van der Waals surface area contributed by atoms with Crippen molar-refractivity contribution in [1.29, 1.82) is 0 Å². The summed E-state index contributed by atoms with van der Waals surface area (Å²) in [6.45, 7) is 5.88. The number of hydrogen-bond acceptors (Lipinski definition) is 3. The van der Waals surface area contributed by atoms with Gasteiger partial charge in [-0.15, -0.1) is 5.10 Å². The van der Waals surface area contributed by atoms with Crippen molar-refractivity contribution in [3.63, 3.8) is 0 Å². The van der Waals surface area contributed by atoms with Crippen LogP contribution in [0.25, 0.3) is 0 Å². The van der Waals surface area contributed by atoms with E-state index in [9.17, 15) is 0 Å². The van der Waals surface area contributed by atoms with Gasteiger partial charge in [-0.25, -0.2) is 4.68 Å². The Labute approximate surface area is 112 Å². The molecule has 18 heavy (non-hydrogen) atoms. The average Bonchev–Trinajstić information content (AvgIpc) is 2.78. The topological polar surface area (TPSA) is 56.7 Å². The van der Waals surface area contributed by atoms with E-state index in [-0.39, 0.29) is 6.04 Å². The molecule has 0 spiro atoms. The fourth-order valence-electron chi connectivity index (χ4n) is 1.66. The third kappa shape index (κ3) is 2.71. The third-order valence-corrected chi connectivity index (χ3v) is 3.17. The molecule has 0 radical (unpaired) electrons. The van der Waals surface area contributed by atoms with Crippen LogP contribution in [0.3, 0.4) is 0 Å². The first kappa shape index (κ1) is 13.1. The molecule has 1 heterocycles. The molecular weight excluding hydrogens is 248 g/mol. The summed E-state index contributed by atoms with van der Waals surface area (Å²) in [6.07, 6.45) is 1.89. The van der Waals surface area contributed by atoms with Crippen LogP contribution < -0.4 is 5.73 Å². The smallest absolute Gasteiger partial charge is 0.102 e. The second kappa shape index (κ2) is 4.71. The van der Waals surface area contributed by atoms with Gasteiger partial charge in [0.25, 0.3) is 0 Å². The van der Waals surface area contributed by atoms with Gasteiger partial charge in [0.2, 0.25) is 0 Å². The van der Waals surface area contributed by atoms with Crippen molar-refractivity contribution in [3.05, 3.63) is 46.7 Å². The number of benzene rings is 1. The highest BCUT2D eigenvalue weighted by atomic mass is 35.5. The van der Waals surface area contributed by atoms with Crippen LogP contribution in [0.1, 0.15) is 38.1 Å². The van der Waals surface area contributed by atoms with Crippen LogP contribution in [0.15, 0.2) is 30.5 Å². The van der Waals surface area contributed by atoms with Crippen LogP contribution in [0, 0.1) is 0 Å². The average molecular weight is 265 g/mol. The Morgan fingerprint density at radius 3 is 2.39 bits per heavy atom. The molecule has 2 N–H and O–H groups in total. The Hall–Kier alpha value is -1.39. The van der Waals surface area contributed by atoms with Crippen molar-refractivity contribution in [3.8, 4) is 0 Å². The first-order valence-electron chi connectivity index (χ1n) is 5.84. The molecule has 1 aromatic carbocycles. The van der Waals surface area contributed by atoms with Gasteiger partial charge in [-0.05, 0) is 38.5 Å². The highest BCUT2D eigenvalue weighted by Crippen LogP contribution is 2.21. The van der Waals surface area contributed by atoms with Crippen molar-refractivity contribution in [2.24, 2.45) is 5.73 Å². The fraction of sp³-hybridized carbons (Fsp3) is 0.385. The van der Waals surface area contributed by atoms with Gasteiger partial charge in [0.05, 0.1) is 17.8 Å². The molecule has 0 unspecified atom stereocenters. The van der Waals surface area contributed by atoms with Crippen molar-refractivity contribution >= 4 is 11.6 Å². The van der Waals surface area contributed by atoms with E-state index < -0.39 is 5.54 Å². The Bertz CT molecular complexity index is 525.